The Morgan fingerprint density at radius 3 is 2.29 bits per heavy atom. The molecule has 0 aliphatic carbocycles. The van der Waals surface area contributed by atoms with Crippen LogP contribution in [-0.2, 0) is 0 Å². The first-order valence-corrected chi connectivity index (χ1v) is 7.22. The highest BCUT2D eigenvalue weighted by Crippen LogP contribution is 2.17. The Labute approximate surface area is 138 Å². The summed E-state index contributed by atoms with van der Waals surface area (Å²) in [5.74, 6) is -0.840. The number of rotatable bonds is 4. The monoisotopic (exact) mass is 318 g/mol. The minimum atomic E-state index is -0.497. The lowest BCUT2D eigenvalue weighted by Gasteiger charge is -2.06. The number of aromatic nitrogens is 2. The molecule has 118 valence electrons. The molecule has 0 saturated heterocycles. The number of nitrogens with zero attached hydrogens (tertiary/aromatic N) is 2. The number of para-hydroxylation sites is 1. The van der Waals surface area contributed by atoms with Gasteiger partial charge >= 0.3 is 0 Å². The van der Waals surface area contributed by atoms with Crippen molar-refractivity contribution in [1.29, 1.82) is 0 Å². The molecule has 6 nitrogen and oxygen atoms in total. The van der Waals surface area contributed by atoms with Gasteiger partial charge in [0.05, 0.1) is 18.1 Å². The van der Waals surface area contributed by atoms with Crippen LogP contribution in [0.25, 0.3) is 11.3 Å². The van der Waals surface area contributed by atoms with Gasteiger partial charge in [-0.1, -0.05) is 30.3 Å². The molecule has 24 heavy (non-hydrogen) atoms. The Morgan fingerprint density at radius 2 is 1.62 bits per heavy atom. The molecular formula is C18H14N4O2. The minimum Gasteiger partial charge on any atom is -0.366 e. The van der Waals surface area contributed by atoms with Crippen molar-refractivity contribution in [2.45, 2.75) is 0 Å². The number of anilines is 1. The first-order valence-electron chi connectivity index (χ1n) is 7.22. The fourth-order valence-corrected chi connectivity index (χ4v) is 2.14. The molecule has 1 heterocycles. The highest BCUT2D eigenvalue weighted by molar-refractivity contribution is 6.02. The Bertz CT molecular complexity index is 877. The summed E-state index contributed by atoms with van der Waals surface area (Å²) in [7, 11) is 0. The molecule has 3 aromatic rings. The van der Waals surface area contributed by atoms with Gasteiger partial charge < -0.3 is 11.1 Å². The van der Waals surface area contributed by atoms with Gasteiger partial charge in [0.2, 0.25) is 5.91 Å². The number of nitrogens with two attached hydrogens (primary N) is 1. The smallest absolute Gasteiger partial charge is 0.275 e. The highest BCUT2D eigenvalue weighted by atomic mass is 16.2. The minimum absolute atomic E-state index is 0.204. The van der Waals surface area contributed by atoms with Crippen molar-refractivity contribution in [2.24, 2.45) is 5.73 Å². The lowest BCUT2D eigenvalue weighted by Crippen LogP contribution is -2.14. The summed E-state index contributed by atoms with van der Waals surface area (Å²) >= 11 is 0. The predicted molar refractivity (Wildman–Crippen MR) is 90.4 cm³/mol. The number of nitrogens with one attached hydrogen (secondary N) is 1. The van der Waals surface area contributed by atoms with Gasteiger partial charge in [-0.25, -0.2) is 4.98 Å². The van der Waals surface area contributed by atoms with E-state index in [1.54, 1.807) is 42.6 Å². The van der Waals surface area contributed by atoms with E-state index in [1.807, 2.05) is 18.2 Å². The van der Waals surface area contributed by atoms with Crippen LogP contribution in [0.15, 0.2) is 67.0 Å². The molecule has 3 rings (SSSR count). The summed E-state index contributed by atoms with van der Waals surface area (Å²) in [5.41, 5.74) is 7.78. The SMILES string of the molecule is NC(=O)c1ccc(-c2cncc(C(=O)Nc3ccccc3)n2)cc1. The molecule has 1 aromatic heterocycles. The van der Waals surface area contributed by atoms with Crippen molar-refractivity contribution in [3.63, 3.8) is 0 Å². The molecule has 0 aliphatic rings. The summed E-state index contributed by atoms with van der Waals surface area (Å²) in [6.45, 7) is 0. The molecule has 2 amide bonds. The van der Waals surface area contributed by atoms with Gasteiger partial charge in [0, 0.05) is 16.8 Å². The van der Waals surface area contributed by atoms with E-state index >= 15 is 0 Å². The summed E-state index contributed by atoms with van der Waals surface area (Å²) < 4.78 is 0. The maximum Gasteiger partial charge on any atom is 0.275 e. The molecule has 3 N–H and O–H groups in total. The average molecular weight is 318 g/mol. The van der Waals surface area contributed by atoms with Crippen molar-refractivity contribution < 1.29 is 9.59 Å². The topological polar surface area (TPSA) is 98.0 Å². The van der Waals surface area contributed by atoms with E-state index in [4.69, 9.17) is 5.73 Å². The van der Waals surface area contributed by atoms with Crippen LogP contribution in [0.2, 0.25) is 0 Å². The van der Waals surface area contributed by atoms with Gasteiger partial charge in [0.1, 0.15) is 5.69 Å². The van der Waals surface area contributed by atoms with Gasteiger partial charge in [-0.2, -0.15) is 0 Å². The molecule has 0 atom stereocenters. The molecule has 0 saturated carbocycles. The van der Waals surface area contributed by atoms with Gasteiger partial charge in [-0.05, 0) is 24.3 Å². The van der Waals surface area contributed by atoms with E-state index in [0.29, 0.717) is 16.9 Å². The number of carbonyl (C=O) groups is 2. The maximum absolute atomic E-state index is 12.3. The van der Waals surface area contributed by atoms with E-state index in [1.165, 1.54) is 6.20 Å². The first-order chi connectivity index (χ1) is 11.6. The molecule has 0 unspecified atom stereocenters. The second-order valence-corrected chi connectivity index (χ2v) is 5.05. The van der Waals surface area contributed by atoms with Gasteiger partial charge in [-0.15, -0.1) is 0 Å². The van der Waals surface area contributed by atoms with Crippen molar-refractivity contribution in [1.82, 2.24) is 9.97 Å². The standard InChI is InChI=1S/C18H14N4O2/c19-17(23)13-8-6-12(7-9-13)15-10-20-11-16(22-15)18(24)21-14-4-2-1-3-5-14/h1-11H,(H2,19,23)(H,21,24). The Morgan fingerprint density at radius 1 is 0.917 bits per heavy atom. The maximum atomic E-state index is 12.3. The third-order valence-corrected chi connectivity index (χ3v) is 3.36. The third-order valence-electron chi connectivity index (χ3n) is 3.36. The van der Waals surface area contributed by atoms with Crippen LogP contribution in [-0.4, -0.2) is 21.8 Å². The van der Waals surface area contributed by atoms with Crippen LogP contribution in [0.4, 0.5) is 5.69 Å². The Kier molecular flexibility index (Phi) is 4.29. The lowest BCUT2D eigenvalue weighted by atomic mass is 10.1. The van der Waals surface area contributed by atoms with Crippen LogP contribution in [0.3, 0.4) is 0 Å². The molecule has 0 radical (unpaired) electrons. The van der Waals surface area contributed by atoms with Crippen LogP contribution < -0.4 is 11.1 Å². The number of amides is 2. The zero-order chi connectivity index (χ0) is 16.9. The first kappa shape index (κ1) is 15.4. The van der Waals surface area contributed by atoms with E-state index in [0.717, 1.165) is 5.56 Å². The fraction of sp³-hybridized carbons (Fsp3) is 0. The number of hydrogen-bond donors (Lipinski definition) is 2. The van der Waals surface area contributed by atoms with Crippen molar-refractivity contribution >= 4 is 17.5 Å². The molecule has 2 aromatic carbocycles. The predicted octanol–water partition coefficient (Wildman–Crippen LogP) is 2.49. The van der Waals surface area contributed by atoms with E-state index in [2.05, 4.69) is 15.3 Å². The summed E-state index contributed by atoms with van der Waals surface area (Å²) in [4.78, 5) is 31.8. The van der Waals surface area contributed by atoms with Gasteiger partial charge in [-0.3, -0.25) is 14.6 Å². The third kappa shape index (κ3) is 3.44. The number of primary amides is 1. The zero-order valence-corrected chi connectivity index (χ0v) is 12.6. The van der Waals surface area contributed by atoms with Crippen LogP contribution in [0, 0.1) is 0 Å². The number of hydrogen-bond acceptors (Lipinski definition) is 4. The van der Waals surface area contributed by atoms with Crippen LogP contribution >= 0.6 is 0 Å². The normalized spacial score (nSPS) is 10.2. The molecule has 0 fully saturated rings. The summed E-state index contributed by atoms with van der Waals surface area (Å²) in [6, 6.07) is 15.7. The van der Waals surface area contributed by atoms with E-state index in [9.17, 15) is 9.59 Å². The molecular weight excluding hydrogens is 304 g/mol. The second kappa shape index (κ2) is 6.70. The summed E-state index contributed by atoms with van der Waals surface area (Å²) in [5, 5.41) is 2.76. The van der Waals surface area contributed by atoms with Gasteiger partial charge in [0.25, 0.3) is 5.91 Å². The Balaban J connectivity index is 1.83. The van der Waals surface area contributed by atoms with E-state index in [-0.39, 0.29) is 11.6 Å². The van der Waals surface area contributed by atoms with Crippen molar-refractivity contribution in [3.8, 4) is 11.3 Å². The van der Waals surface area contributed by atoms with Crippen molar-refractivity contribution in [3.05, 3.63) is 78.2 Å². The Hall–Kier alpha value is -3.54. The lowest BCUT2D eigenvalue weighted by molar-refractivity contribution is 0.0997. The van der Waals surface area contributed by atoms with E-state index < -0.39 is 5.91 Å². The summed E-state index contributed by atoms with van der Waals surface area (Å²) in [6.07, 6.45) is 2.96. The van der Waals surface area contributed by atoms with Gasteiger partial charge in [0.15, 0.2) is 0 Å². The van der Waals surface area contributed by atoms with Crippen LogP contribution in [0.1, 0.15) is 20.8 Å². The van der Waals surface area contributed by atoms with Crippen LogP contribution in [0.5, 0.6) is 0 Å². The molecule has 0 bridgehead atoms. The molecule has 0 aliphatic heterocycles. The number of benzene rings is 2. The number of carbonyl (C=O) groups excluding carboxylic acids is 2. The quantitative estimate of drug-likeness (QED) is 0.772. The zero-order valence-electron chi connectivity index (χ0n) is 12.6. The molecule has 6 heteroatoms. The molecule has 0 spiro atoms. The second-order valence-electron chi connectivity index (χ2n) is 5.05. The van der Waals surface area contributed by atoms with Crippen molar-refractivity contribution in [2.75, 3.05) is 5.32 Å². The largest absolute Gasteiger partial charge is 0.366 e. The fourth-order valence-electron chi connectivity index (χ4n) is 2.14. The average Bonchev–Trinajstić information content (AvgIpc) is 2.63. The highest BCUT2D eigenvalue weighted by Gasteiger charge is 2.10.